The summed E-state index contributed by atoms with van der Waals surface area (Å²) < 4.78 is 23.4. The lowest BCUT2D eigenvalue weighted by Gasteiger charge is -2.17. The quantitative estimate of drug-likeness (QED) is 0.443. The summed E-state index contributed by atoms with van der Waals surface area (Å²) in [5, 5.41) is 6.22. The lowest BCUT2D eigenvalue weighted by atomic mass is 10.0. The number of hydrogen-bond donors (Lipinski definition) is 3. The normalized spacial score (nSPS) is 11.6. The van der Waals surface area contributed by atoms with Crippen LogP contribution in [-0.4, -0.2) is 42.5 Å². The van der Waals surface area contributed by atoms with Crippen molar-refractivity contribution < 1.29 is 28.2 Å². The second-order valence-corrected chi connectivity index (χ2v) is 7.15. The number of benzene rings is 2. The van der Waals surface area contributed by atoms with E-state index in [1.807, 2.05) is 0 Å². The minimum atomic E-state index is -0.826. The number of aromatic nitrogens is 1. The molecule has 1 heterocycles. The van der Waals surface area contributed by atoms with Crippen molar-refractivity contribution in [2.45, 2.75) is 25.8 Å². The standard InChI is InChI=1S/C23H24FN3O5/c1-14(28)26-21(11-15-13-25-20-12-16(24)3-8-19(15)20)23(30)27-17-4-6-18(7-5-17)32-10-9-22(29)31-2/h3-8,12-13,21,25H,9-11H2,1-2H3,(H,26,28)(H,27,30). The maximum absolute atomic E-state index is 13.4. The summed E-state index contributed by atoms with van der Waals surface area (Å²) in [7, 11) is 1.31. The number of aromatic amines is 1. The van der Waals surface area contributed by atoms with Crippen molar-refractivity contribution in [3.63, 3.8) is 0 Å². The number of rotatable bonds is 9. The van der Waals surface area contributed by atoms with E-state index < -0.39 is 11.9 Å². The van der Waals surface area contributed by atoms with Gasteiger partial charge in [0, 0.05) is 36.1 Å². The van der Waals surface area contributed by atoms with Crippen LogP contribution < -0.4 is 15.4 Å². The van der Waals surface area contributed by atoms with Gasteiger partial charge < -0.3 is 25.1 Å². The van der Waals surface area contributed by atoms with Gasteiger partial charge in [-0.25, -0.2) is 4.39 Å². The van der Waals surface area contributed by atoms with Gasteiger partial charge in [0.1, 0.15) is 17.6 Å². The number of H-pyrrole nitrogens is 1. The van der Waals surface area contributed by atoms with E-state index in [0.717, 1.165) is 10.9 Å². The third kappa shape index (κ3) is 6.07. The van der Waals surface area contributed by atoms with Crippen molar-refractivity contribution in [3.8, 4) is 5.75 Å². The van der Waals surface area contributed by atoms with E-state index >= 15 is 0 Å². The molecule has 9 heteroatoms. The molecule has 8 nitrogen and oxygen atoms in total. The second-order valence-electron chi connectivity index (χ2n) is 7.15. The maximum Gasteiger partial charge on any atom is 0.308 e. The van der Waals surface area contributed by atoms with E-state index in [1.54, 1.807) is 36.5 Å². The van der Waals surface area contributed by atoms with Gasteiger partial charge in [-0.3, -0.25) is 14.4 Å². The average molecular weight is 441 g/mol. The van der Waals surface area contributed by atoms with Crippen LogP contribution in [0.1, 0.15) is 18.9 Å². The van der Waals surface area contributed by atoms with Gasteiger partial charge in [-0.05, 0) is 48.0 Å². The number of ether oxygens (including phenoxy) is 2. The van der Waals surface area contributed by atoms with Crippen LogP contribution in [0.3, 0.4) is 0 Å². The Balaban J connectivity index is 1.65. The Hall–Kier alpha value is -3.88. The predicted molar refractivity (Wildman–Crippen MR) is 117 cm³/mol. The zero-order chi connectivity index (χ0) is 23.1. The van der Waals surface area contributed by atoms with Crippen molar-refractivity contribution in [1.29, 1.82) is 0 Å². The Labute approximate surface area is 184 Å². The number of nitrogens with one attached hydrogen (secondary N) is 3. The Bertz CT molecular complexity index is 1110. The molecule has 0 saturated carbocycles. The van der Waals surface area contributed by atoms with E-state index in [1.165, 1.54) is 26.2 Å². The van der Waals surface area contributed by atoms with Gasteiger partial charge in [-0.15, -0.1) is 0 Å². The fourth-order valence-electron chi connectivity index (χ4n) is 3.22. The Morgan fingerprint density at radius 2 is 1.88 bits per heavy atom. The summed E-state index contributed by atoms with van der Waals surface area (Å²) in [5.41, 5.74) is 1.92. The van der Waals surface area contributed by atoms with Crippen molar-refractivity contribution in [1.82, 2.24) is 10.3 Å². The molecule has 0 spiro atoms. The molecule has 1 aromatic heterocycles. The number of anilines is 1. The molecule has 0 saturated heterocycles. The van der Waals surface area contributed by atoms with Gasteiger partial charge in [0.15, 0.2) is 0 Å². The number of fused-ring (bicyclic) bond motifs is 1. The molecule has 32 heavy (non-hydrogen) atoms. The zero-order valence-electron chi connectivity index (χ0n) is 17.7. The first-order valence-electron chi connectivity index (χ1n) is 9.99. The number of amides is 2. The molecule has 0 aliphatic carbocycles. The smallest absolute Gasteiger partial charge is 0.308 e. The number of esters is 1. The van der Waals surface area contributed by atoms with Gasteiger partial charge in [-0.1, -0.05) is 0 Å². The summed E-state index contributed by atoms with van der Waals surface area (Å²) in [6, 6.07) is 10.2. The third-order valence-corrected chi connectivity index (χ3v) is 4.77. The van der Waals surface area contributed by atoms with Crippen LogP contribution in [0.5, 0.6) is 5.75 Å². The fraction of sp³-hybridized carbons (Fsp3) is 0.261. The van der Waals surface area contributed by atoms with Crippen LogP contribution in [0.2, 0.25) is 0 Å². The van der Waals surface area contributed by atoms with Crippen molar-refractivity contribution in [2.24, 2.45) is 0 Å². The summed E-state index contributed by atoms with van der Waals surface area (Å²) in [4.78, 5) is 38.6. The summed E-state index contributed by atoms with van der Waals surface area (Å²) in [5.74, 6) is -0.921. The molecule has 0 bridgehead atoms. The molecule has 3 N–H and O–H groups in total. The molecule has 1 atom stereocenters. The highest BCUT2D eigenvalue weighted by molar-refractivity contribution is 5.97. The lowest BCUT2D eigenvalue weighted by Crippen LogP contribution is -2.44. The first kappa shape index (κ1) is 22.8. The minimum absolute atomic E-state index is 0.133. The summed E-state index contributed by atoms with van der Waals surface area (Å²) >= 11 is 0. The van der Waals surface area contributed by atoms with Crippen molar-refractivity contribution in [3.05, 3.63) is 60.0 Å². The zero-order valence-corrected chi connectivity index (χ0v) is 17.7. The Kier molecular flexibility index (Phi) is 7.43. The van der Waals surface area contributed by atoms with Crippen LogP contribution in [0.15, 0.2) is 48.7 Å². The van der Waals surface area contributed by atoms with E-state index in [-0.39, 0.29) is 37.1 Å². The van der Waals surface area contributed by atoms with E-state index in [4.69, 9.17) is 4.74 Å². The van der Waals surface area contributed by atoms with Crippen LogP contribution in [0.25, 0.3) is 10.9 Å². The average Bonchev–Trinajstić information content (AvgIpc) is 3.15. The monoisotopic (exact) mass is 441 g/mol. The van der Waals surface area contributed by atoms with Crippen molar-refractivity contribution >= 4 is 34.4 Å². The first-order chi connectivity index (χ1) is 15.4. The molecule has 0 aliphatic rings. The molecule has 168 valence electrons. The molecule has 1 unspecified atom stereocenters. The number of hydrogen-bond acceptors (Lipinski definition) is 5. The molecular weight excluding hydrogens is 417 g/mol. The van der Waals surface area contributed by atoms with Gasteiger partial charge >= 0.3 is 5.97 Å². The SMILES string of the molecule is COC(=O)CCOc1ccc(NC(=O)C(Cc2c[nH]c3cc(F)ccc23)NC(C)=O)cc1. The van der Waals surface area contributed by atoms with Gasteiger partial charge in [0.25, 0.3) is 0 Å². The summed E-state index contributed by atoms with van der Waals surface area (Å²) in [6.45, 7) is 1.52. The summed E-state index contributed by atoms with van der Waals surface area (Å²) in [6.07, 6.45) is 2.06. The second kappa shape index (κ2) is 10.4. The lowest BCUT2D eigenvalue weighted by molar-refractivity contribution is -0.141. The molecule has 2 amide bonds. The highest BCUT2D eigenvalue weighted by atomic mass is 19.1. The largest absolute Gasteiger partial charge is 0.493 e. The molecule has 0 radical (unpaired) electrons. The van der Waals surface area contributed by atoms with Crippen LogP contribution in [-0.2, 0) is 25.5 Å². The highest BCUT2D eigenvalue weighted by Gasteiger charge is 2.22. The van der Waals surface area contributed by atoms with E-state index in [2.05, 4.69) is 20.4 Å². The van der Waals surface area contributed by atoms with Crippen LogP contribution in [0.4, 0.5) is 10.1 Å². The number of carbonyl (C=O) groups excluding carboxylic acids is 3. The van der Waals surface area contributed by atoms with Crippen LogP contribution >= 0.6 is 0 Å². The number of carbonyl (C=O) groups is 3. The van der Waals surface area contributed by atoms with Gasteiger partial charge in [0.05, 0.1) is 20.1 Å². The number of halogens is 1. The third-order valence-electron chi connectivity index (χ3n) is 4.77. The molecule has 3 rings (SSSR count). The fourth-order valence-corrected chi connectivity index (χ4v) is 3.22. The van der Waals surface area contributed by atoms with Crippen LogP contribution in [0, 0.1) is 5.82 Å². The predicted octanol–water partition coefficient (Wildman–Crippen LogP) is 2.93. The highest BCUT2D eigenvalue weighted by Crippen LogP contribution is 2.21. The Morgan fingerprint density at radius 3 is 2.56 bits per heavy atom. The minimum Gasteiger partial charge on any atom is -0.493 e. The molecule has 3 aromatic rings. The topological polar surface area (TPSA) is 110 Å². The van der Waals surface area contributed by atoms with Crippen molar-refractivity contribution in [2.75, 3.05) is 19.0 Å². The molecule has 0 fully saturated rings. The van der Waals surface area contributed by atoms with E-state index in [0.29, 0.717) is 17.0 Å². The first-order valence-corrected chi connectivity index (χ1v) is 9.99. The molecule has 0 aliphatic heterocycles. The maximum atomic E-state index is 13.4. The number of methoxy groups -OCH3 is 1. The van der Waals surface area contributed by atoms with Gasteiger partial charge in [0.2, 0.25) is 11.8 Å². The van der Waals surface area contributed by atoms with Gasteiger partial charge in [-0.2, -0.15) is 0 Å². The van der Waals surface area contributed by atoms with E-state index in [9.17, 15) is 18.8 Å². The Morgan fingerprint density at radius 1 is 1.12 bits per heavy atom. The molecule has 2 aromatic carbocycles. The molecular formula is C23H24FN3O5.